The molecule has 12 heavy (non-hydrogen) atoms. The van der Waals surface area contributed by atoms with E-state index in [-0.39, 0.29) is 35.1 Å². The van der Waals surface area contributed by atoms with E-state index in [0.717, 1.165) is 0 Å². The molecule has 0 aromatic heterocycles. The van der Waals surface area contributed by atoms with Crippen LogP contribution < -0.4 is 0 Å². The van der Waals surface area contributed by atoms with Gasteiger partial charge in [-0.2, -0.15) is 0 Å². The van der Waals surface area contributed by atoms with E-state index in [0.29, 0.717) is 3.57 Å². The molecule has 0 atom stereocenters. The summed E-state index contributed by atoms with van der Waals surface area (Å²) in [6.45, 7) is -0.603. The molecule has 1 radical (unpaired) electrons. The van der Waals surface area contributed by atoms with E-state index in [4.69, 9.17) is 5.11 Å². The van der Waals surface area contributed by atoms with Crippen LogP contribution in [0.2, 0.25) is 0 Å². The quantitative estimate of drug-likeness (QED) is 0.617. The molecule has 1 N–H and O–H groups in total. The molecule has 1 rings (SSSR count). The van der Waals surface area contributed by atoms with Crippen molar-refractivity contribution in [2.45, 2.75) is 6.61 Å². The number of hydrogen-bond acceptors (Lipinski definition) is 1. The van der Waals surface area contributed by atoms with Gasteiger partial charge in [0.1, 0.15) is 11.6 Å². The summed E-state index contributed by atoms with van der Waals surface area (Å²) >= 11 is 1.80. The normalized spacial score (nSPS) is 9.33. The third kappa shape index (κ3) is 2.92. The summed E-state index contributed by atoms with van der Waals surface area (Å²) < 4.78 is 25.9. The minimum Gasteiger partial charge on any atom is -0.391 e. The molecule has 0 amide bonds. The first-order chi connectivity index (χ1) is 5.15. The third-order valence-corrected chi connectivity index (χ3v) is 1.89. The van der Waals surface area contributed by atoms with Gasteiger partial charge in [0.05, 0.1) is 6.61 Å². The number of benzene rings is 1. The van der Waals surface area contributed by atoms with Crippen molar-refractivity contribution >= 4 is 52.1 Å². The number of hydrogen-bond donors (Lipinski definition) is 1. The minimum absolute atomic E-state index is 0. The summed E-state index contributed by atoms with van der Waals surface area (Å²) in [5.41, 5.74) is -0.273. The molecule has 1 nitrogen and oxygen atoms in total. The predicted molar refractivity (Wildman–Crippen MR) is 50.8 cm³/mol. The van der Waals surface area contributed by atoms with Crippen LogP contribution in [0.15, 0.2) is 12.1 Å². The van der Waals surface area contributed by atoms with Gasteiger partial charge >= 0.3 is 0 Å². The molecular weight excluding hydrogens is 288 g/mol. The van der Waals surface area contributed by atoms with Crippen LogP contribution in [0.25, 0.3) is 0 Å². The fraction of sp³-hybridized carbons (Fsp3) is 0.143. The molecule has 61 valence electrons. The third-order valence-electron chi connectivity index (χ3n) is 1.26. The van der Waals surface area contributed by atoms with Crippen LogP contribution in [0.5, 0.6) is 0 Å². The van der Waals surface area contributed by atoms with Crippen molar-refractivity contribution in [1.29, 1.82) is 0 Å². The second-order valence-corrected chi connectivity index (χ2v) is 3.25. The smallest absolute Gasteiger partial charge is 0.132 e. The van der Waals surface area contributed by atoms with Crippen molar-refractivity contribution in [2.24, 2.45) is 0 Å². The maximum atomic E-state index is 12.7. The van der Waals surface area contributed by atoms with Crippen LogP contribution in [0.1, 0.15) is 5.56 Å². The van der Waals surface area contributed by atoms with Gasteiger partial charge in [0, 0.05) is 38.7 Å². The van der Waals surface area contributed by atoms with Gasteiger partial charge in [0.15, 0.2) is 0 Å². The molecular formula is C7H5F2INaO. The van der Waals surface area contributed by atoms with E-state index in [1.165, 1.54) is 12.1 Å². The van der Waals surface area contributed by atoms with Crippen LogP contribution >= 0.6 is 22.6 Å². The van der Waals surface area contributed by atoms with E-state index in [9.17, 15) is 8.78 Å². The molecule has 0 aliphatic carbocycles. The van der Waals surface area contributed by atoms with Crippen LogP contribution in [-0.4, -0.2) is 34.7 Å². The molecule has 0 saturated heterocycles. The zero-order valence-electron chi connectivity index (χ0n) is 6.44. The number of aliphatic hydroxyl groups is 1. The molecule has 0 fully saturated rings. The Labute approximate surface area is 105 Å². The predicted octanol–water partition coefficient (Wildman–Crippen LogP) is 1.68. The summed E-state index contributed by atoms with van der Waals surface area (Å²) in [5.74, 6) is -1.39. The first-order valence-electron chi connectivity index (χ1n) is 2.89. The first-order valence-corrected chi connectivity index (χ1v) is 3.97. The summed E-state index contributed by atoms with van der Waals surface area (Å²) in [6, 6.07) is 2.35. The Bertz CT molecular complexity index is 257. The molecule has 0 spiro atoms. The molecule has 5 heteroatoms. The zero-order valence-corrected chi connectivity index (χ0v) is 10.6. The van der Waals surface area contributed by atoms with Gasteiger partial charge in [0.25, 0.3) is 0 Å². The van der Waals surface area contributed by atoms with Gasteiger partial charge in [-0.25, -0.2) is 8.78 Å². The molecule has 0 aliphatic rings. The molecule has 0 unspecified atom stereocenters. The van der Waals surface area contributed by atoms with E-state index < -0.39 is 18.2 Å². The molecule has 1 aromatic rings. The largest absolute Gasteiger partial charge is 0.391 e. The first kappa shape index (κ1) is 12.8. The van der Waals surface area contributed by atoms with Crippen molar-refractivity contribution in [2.75, 3.05) is 0 Å². The van der Waals surface area contributed by atoms with Crippen molar-refractivity contribution in [3.8, 4) is 0 Å². The summed E-state index contributed by atoms with van der Waals surface area (Å²) in [6.07, 6.45) is 0. The van der Waals surface area contributed by atoms with Gasteiger partial charge in [-0.05, 0) is 34.7 Å². The van der Waals surface area contributed by atoms with E-state index >= 15 is 0 Å². The van der Waals surface area contributed by atoms with Gasteiger partial charge < -0.3 is 5.11 Å². The van der Waals surface area contributed by atoms with Crippen molar-refractivity contribution < 1.29 is 13.9 Å². The standard InChI is InChI=1S/C7H5F2IO.Na/c8-6-1-4(10)2-7(9)5(6)3-11;/h1-2,11H,3H2;. The van der Waals surface area contributed by atoms with Crippen molar-refractivity contribution in [1.82, 2.24) is 0 Å². The van der Waals surface area contributed by atoms with Gasteiger partial charge in [-0.15, -0.1) is 0 Å². The monoisotopic (exact) mass is 293 g/mol. The Morgan fingerprint density at radius 2 is 1.67 bits per heavy atom. The fourth-order valence-corrected chi connectivity index (χ4v) is 1.27. The van der Waals surface area contributed by atoms with Crippen molar-refractivity contribution in [3.63, 3.8) is 0 Å². The minimum atomic E-state index is -0.697. The maximum absolute atomic E-state index is 12.7. The Balaban J connectivity index is 0.00000121. The molecule has 1 aromatic carbocycles. The Morgan fingerprint density at radius 1 is 1.25 bits per heavy atom. The number of aliphatic hydroxyl groups excluding tert-OH is 1. The topological polar surface area (TPSA) is 20.2 Å². The molecule has 0 heterocycles. The average molecular weight is 293 g/mol. The second-order valence-electron chi connectivity index (χ2n) is 2.01. The molecule has 0 bridgehead atoms. The van der Waals surface area contributed by atoms with Crippen molar-refractivity contribution in [3.05, 3.63) is 32.9 Å². The van der Waals surface area contributed by atoms with E-state index in [1.807, 2.05) is 0 Å². The van der Waals surface area contributed by atoms with Crippen LogP contribution in [0, 0.1) is 15.2 Å². The molecule has 0 saturated carbocycles. The molecule has 0 aliphatic heterocycles. The summed E-state index contributed by atoms with van der Waals surface area (Å²) in [7, 11) is 0. The number of rotatable bonds is 1. The van der Waals surface area contributed by atoms with E-state index in [1.54, 1.807) is 22.6 Å². The summed E-state index contributed by atoms with van der Waals surface area (Å²) in [5, 5.41) is 8.51. The zero-order chi connectivity index (χ0) is 8.43. The maximum Gasteiger partial charge on any atom is 0.132 e. The van der Waals surface area contributed by atoms with Gasteiger partial charge in [-0.3, -0.25) is 0 Å². The Kier molecular flexibility index (Phi) is 5.84. The van der Waals surface area contributed by atoms with Crippen LogP contribution in [0.3, 0.4) is 0 Å². The fourth-order valence-electron chi connectivity index (χ4n) is 0.723. The second kappa shape index (κ2) is 5.49. The average Bonchev–Trinajstić information content (AvgIpc) is 1.85. The van der Waals surface area contributed by atoms with E-state index in [2.05, 4.69) is 0 Å². The van der Waals surface area contributed by atoms with Gasteiger partial charge in [-0.1, -0.05) is 0 Å². The van der Waals surface area contributed by atoms with Crippen LogP contribution in [-0.2, 0) is 6.61 Å². The Hall–Kier alpha value is 0.770. The van der Waals surface area contributed by atoms with Crippen LogP contribution in [0.4, 0.5) is 8.78 Å². The number of halogens is 3. The SMILES string of the molecule is OCc1c(F)cc(I)cc1F.[Na]. The Morgan fingerprint density at radius 3 is 2.00 bits per heavy atom. The van der Waals surface area contributed by atoms with Gasteiger partial charge in [0.2, 0.25) is 0 Å². The summed E-state index contributed by atoms with van der Waals surface area (Å²) in [4.78, 5) is 0.